The van der Waals surface area contributed by atoms with Crippen LogP contribution in [0.3, 0.4) is 0 Å². The molecule has 0 aromatic rings. The zero-order chi connectivity index (χ0) is 5.70. The average Bonchev–Trinajstić information content (AvgIpc) is 1.68. The van der Waals surface area contributed by atoms with Gasteiger partial charge in [0.1, 0.15) is 5.85 Å². The van der Waals surface area contributed by atoms with E-state index in [9.17, 15) is 4.57 Å². The van der Waals surface area contributed by atoms with E-state index in [2.05, 4.69) is 6.92 Å². The monoisotopic (exact) mass is 119 g/mol. The van der Waals surface area contributed by atoms with E-state index >= 15 is 0 Å². The van der Waals surface area contributed by atoms with Crippen molar-refractivity contribution in [2.75, 3.05) is 6.61 Å². The maximum absolute atomic E-state index is 9.80. The number of rotatable bonds is 3. The van der Waals surface area contributed by atoms with E-state index in [1.807, 2.05) is 6.92 Å². The predicted molar refractivity (Wildman–Crippen MR) is 28.4 cm³/mol. The summed E-state index contributed by atoms with van der Waals surface area (Å²) in [5, 5.41) is 0. The van der Waals surface area contributed by atoms with Crippen LogP contribution in [-0.2, 0) is 9.30 Å². The average molecular weight is 119 g/mol. The van der Waals surface area contributed by atoms with Crippen molar-refractivity contribution in [2.45, 2.75) is 12.8 Å². The van der Waals surface area contributed by atoms with E-state index in [-0.39, 0.29) is 14.3 Å². The second-order valence-corrected chi connectivity index (χ2v) is 1.80. The van der Waals surface area contributed by atoms with Crippen LogP contribution in [0.2, 0.25) is 0 Å². The van der Waals surface area contributed by atoms with Crippen LogP contribution in [-0.4, -0.2) is 12.5 Å². The molecule has 0 saturated heterocycles. The molecule has 0 aliphatic heterocycles. The molecule has 0 heterocycles. The van der Waals surface area contributed by atoms with Gasteiger partial charge in [0, 0.05) is 6.61 Å². The summed E-state index contributed by atoms with van der Waals surface area (Å²) in [5.41, 5.74) is 0. The van der Waals surface area contributed by atoms with E-state index in [4.69, 9.17) is 4.74 Å². The van der Waals surface area contributed by atoms with Gasteiger partial charge in [0.2, 0.25) is 0 Å². The SMILES string of the molecule is [CH2]C(OCC)P=O. The lowest BCUT2D eigenvalue weighted by Gasteiger charge is -1.97. The molecule has 7 heavy (non-hydrogen) atoms. The number of hydrogen-bond donors (Lipinski definition) is 0. The molecule has 0 fully saturated rings. The highest BCUT2D eigenvalue weighted by atomic mass is 31.1. The van der Waals surface area contributed by atoms with Gasteiger partial charge in [0.05, 0.1) is 0 Å². The highest BCUT2D eigenvalue weighted by Crippen LogP contribution is 2.04. The molecule has 0 aromatic carbocycles. The molecule has 41 valence electrons. The van der Waals surface area contributed by atoms with Crippen molar-refractivity contribution in [3.63, 3.8) is 0 Å². The molecular weight excluding hydrogens is 111 g/mol. The molecule has 1 unspecified atom stereocenters. The van der Waals surface area contributed by atoms with Crippen molar-refractivity contribution in [1.29, 1.82) is 0 Å². The molecule has 3 heteroatoms. The third kappa shape index (κ3) is 3.90. The van der Waals surface area contributed by atoms with Crippen LogP contribution in [0.25, 0.3) is 0 Å². The summed E-state index contributed by atoms with van der Waals surface area (Å²) in [5.74, 6) is -0.384. The molecule has 0 amide bonds. The van der Waals surface area contributed by atoms with Crippen LogP contribution in [0.5, 0.6) is 0 Å². The van der Waals surface area contributed by atoms with Gasteiger partial charge in [-0.15, -0.1) is 0 Å². The first-order chi connectivity index (χ1) is 3.31. The topological polar surface area (TPSA) is 26.3 Å². The highest BCUT2D eigenvalue weighted by Gasteiger charge is 1.94. The summed E-state index contributed by atoms with van der Waals surface area (Å²) >= 11 is 0. The predicted octanol–water partition coefficient (Wildman–Crippen LogP) is 1.47. The van der Waals surface area contributed by atoms with Gasteiger partial charge in [-0.05, 0) is 13.8 Å². The van der Waals surface area contributed by atoms with Gasteiger partial charge in [-0.25, -0.2) is 0 Å². The fourth-order valence-corrected chi connectivity index (χ4v) is 0.433. The van der Waals surface area contributed by atoms with Gasteiger partial charge in [-0.3, -0.25) is 4.57 Å². The molecule has 1 radical (unpaired) electrons. The molecule has 0 aromatic heterocycles. The first kappa shape index (κ1) is 7.06. The Morgan fingerprint density at radius 1 is 2.00 bits per heavy atom. The lowest BCUT2D eigenvalue weighted by atomic mass is 10.8. The Morgan fingerprint density at radius 2 is 2.57 bits per heavy atom. The summed E-state index contributed by atoms with van der Waals surface area (Å²) in [6.07, 6.45) is 0. The molecule has 0 rings (SSSR count). The van der Waals surface area contributed by atoms with Gasteiger partial charge >= 0.3 is 0 Å². The zero-order valence-corrected chi connectivity index (χ0v) is 5.15. The lowest BCUT2D eigenvalue weighted by Crippen LogP contribution is -1.97. The van der Waals surface area contributed by atoms with Crippen LogP contribution in [0.4, 0.5) is 0 Å². The van der Waals surface area contributed by atoms with E-state index in [0.717, 1.165) is 0 Å². The molecule has 0 aliphatic carbocycles. The third-order valence-corrected chi connectivity index (χ3v) is 0.861. The Bertz CT molecular complexity index is 55.7. The first-order valence-electron chi connectivity index (χ1n) is 2.08. The fraction of sp³-hybridized carbons (Fsp3) is 0.750. The van der Waals surface area contributed by atoms with Crippen molar-refractivity contribution >= 4 is 8.46 Å². The van der Waals surface area contributed by atoms with Crippen LogP contribution in [0.15, 0.2) is 0 Å². The largest absolute Gasteiger partial charge is 0.366 e. The Hall–Kier alpha value is 0.0600. The number of hydrogen-bond acceptors (Lipinski definition) is 2. The first-order valence-corrected chi connectivity index (χ1v) is 2.96. The van der Waals surface area contributed by atoms with E-state index in [1.165, 1.54) is 0 Å². The van der Waals surface area contributed by atoms with Gasteiger partial charge in [-0.2, -0.15) is 0 Å². The minimum absolute atomic E-state index is 0.0395. The Morgan fingerprint density at radius 3 is 2.71 bits per heavy atom. The molecule has 1 atom stereocenters. The Balaban J connectivity index is 2.98. The van der Waals surface area contributed by atoms with Gasteiger partial charge in [0.15, 0.2) is 8.46 Å². The standard InChI is InChI=1S/C4H8O2P/c1-3-6-4(2)7-5/h4H,2-3H2,1H3. The summed E-state index contributed by atoms with van der Waals surface area (Å²) in [4.78, 5) is 0. The van der Waals surface area contributed by atoms with Crippen molar-refractivity contribution in [3.8, 4) is 0 Å². The Labute approximate surface area is 45.1 Å². The number of ether oxygens (including phenoxy) is 1. The van der Waals surface area contributed by atoms with Crippen molar-refractivity contribution in [2.24, 2.45) is 0 Å². The minimum Gasteiger partial charge on any atom is -0.366 e. The lowest BCUT2D eigenvalue weighted by molar-refractivity contribution is 0.148. The smallest absolute Gasteiger partial charge is 0.187 e. The normalized spacial score (nSPS) is 14.6. The molecule has 0 aliphatic rings. The van der Waals surface area contributed by atoms with Crippen molar-refractivity contribution in [3.05, 3.63) is 6.92 Å². The quantitative estimate of drug-likeness (QED) is 0.526. The summed E-state index contributed by atoms with van der Waals surface area (Å²) in [7, 11) is -0.0395. The van der Waals surface area contributed by atoms with E-state index < -0.39 is 0 Å². The summed E-state index contributed by atoms with van der Waals surface area (Å²) in [6.45, 7) is 5.81. The van der Waals surface area contributed by atoms with Crippen LogP contribution < -0.4 is 0 Å². The molecule has 0 spiro atoms. The zero-order valence-electron chi connectivity index (χ0n) is 4.26. The maximum atomic E-state index is 9.80. The molecule has 0 N–H and O–H groups in total. The molecule has 0 bridgehead atoms. The molecule has 2 nitrogen and oxygen atoms in total. The summed E-state index contributed by atoms with van der Waals surface area (Å²) in [6, 6.07) is 0. The Kier molecular flexibility index (Phi) is 4.26. The van der Waals surface area contributed by atoms with Crippen LogP contribution >= 0.6 is 8.46 Å². The van der Waals surface area contributed by atoms with Crippen LogP contribution in [0.1, 0.15) is 6.92 Å². The molecule has 0 saturated carbocycles. The highest BCUT2D eigenvalue weighted by molar-refractivity contribution is 7.24. The van der Waals surface area contributed by atoms with Gasteiger partial charge in [-0.1, -0.05) is 0 Å². The third-order valence-electron chi connectivity index (χ3n) is 0.477. The summed E-state index contributed by atoms with van der Waals surface area (Å²) < 4.78 is 14.6. The van der Waals surface area contributed by atoms with Crippen molar-refractivity contribution in [1.82, 2.24) is 0 Å². The second-order valence-electron chi connectivity index (χ2n) is 1.02. The van der Waals surface area contributed by atoms with E-state index in [1.54, 1.807) is 0 Å². The fourth-order valence-electron chi connectivity index (χ4n) is 0.223. The minimum atomic E-state index is -0.384. The second kappa shape index (κ2) is 4.23. The van der Waals surface area contributed by atoms with Crippen LogP contribution in [0, 0.1) is 6.92 Å². The van der Waals surface area contributed by atoms with Gasteiger partial charge in [0.25, 0.3) is 0 Å². The van der Waals surface area contributed by atoms with Crippen molar-refractivity contribution < 1.29 is 9.30 Å². The van der Waals surface area contributed by atoms with Gasteiger partial charge < -0.3 is 4.74 Å². The maximum Gasteiger partial charge on any atom is 0.187 e. The molecular formula is C4H8O2P. The van der Waals surface area contributed by atoms with E-state index in [0.29, 0.717) is 6.61 Å².